The van der Waals surface area contributed by atoms with Gasteiger partial charge in [0.15, 0.2) is 5.78 Å². The fourth-order valence-electron chi connectivity index (χ4n) is 5.54. The molecule has 3 saturated carbocycles. The van der Waals surface area contributed by atoms with E-state index in [4.69, 9.17) is 4.74 Å². The van der Waals surface area contributed by atoms with Crippen LogP contribution in [0.25, 0.3) is 0 Å². The molecule has 3 aliphatic carbocycles. The Morgan fingerprint density at radius 1 is 1.20 bits per heavy atom. The predicted molar refractivity (Wildman–Crippen MR) is 75.2 cm³/mol. The zero-order valence-electron chi connectivity index (χ0n) is 12.5. The molecule has 4 aliphatic rings. The van der Waals surface area contributed by atoms with Crippen LogP contribution in [0.15, 0.2) is 12.2 Å². The second-order valence-electron chi connectivity index (χ2n) is 8.15. The normalized spacial score (nSPS) is 57.6. The highest BCUT2D eigenvalue weighted by molar-refractivity contribution is 5.88. The minimum atomic E-state index is -0.776. The van der Waals surface area contributed by atoms with Crippen molar-refractivity contribution in [2.75, 3.05) is 0 Å². The van der Waals surface area contributed by atoms with Gasteiger partial charge in [0.2, 0.25) is 0 Å². The summed E-state index contributed by atoms with van der Waals surface area (Å²) < 4.78 is 5.99. The largest absolute Gasteiger partial charge is 0.385 e. The van der Waals surface area contributed by atoms with Crippen LogP contribution in [0.4, 0.5) is 0 Å². The van der Waals surface area contributed by atoms with Crippen LogP contribution in [0.2, 0.25) is 0 Å². The van der Waals surface area contributed by atoms with E-state index in [0.717, 1.165) is 37.7 Å². The molecule has 1 spiro atoms. The lowest BCUT2D eigenvalue weighted by molar-refractivity contribution is -0.166. The van der Waals surface area contributed by atoms with E-state index in [9.17, 15) is 9.90 Å². The lowest BCUT2D eigenvalue weighted by Gasteiger charge is -2.61. The maximum Gasteiger partial charge on any atom is 0.164 e. The Bertz CT molecular complexity index is 526. The molecule has 0 aromatic heterocycles. The van der Waals surface area contributed by atoms with Crippen LogP contribution in [0.5, 0.6) is 0 Å². The van der Waals surface area contributed by atoms with Gasteiger partial charge >= 0.3 is 0 Å². The maximum absolute atomic E-state index is 12.0. The summed E-state index contributed by atoms with van der Waals surface area (Å²) in [5.74, 6) is 0.270. The highest BCUT2D eigenvalue weighted by atomic mass is 16.6. The van der Waals surface area contributed by atoms with Crippen molar-refractivity contribution in [1.29, 1.82) is 0 Å². The number of ether oxygens (including phenoxy) is 1. The van der Waals surface area contributed by atoms with Crippen LogP contribution in [0.3, 0.4) is 0 Å². The lowest BCUT2D eigenvalue weighted by atomic mass is 9.45. The first kappa shape index (κ1) is 13.0. The third kappa shape index (κ3) is 1.23. The summed E-state index contributed by atoms with van der Waals surface area (Å²) in [4.78, 5) is 12.0. The number of carbonyl (C=O) groups excluding carboxylic acids is 1. The van der Waals surface area contributed by atoms with E-state index >= 15 is 0 Å². The van der Waals surface area contributed by atoms with E-state index in [-0.39, 0.29) is 28.3 Å². The standard InChI is InChI=1S/C17H24O3/c1-11-5-4-7-14(2)10-17-13(20-17)12(18)6-8-15(17,3)9-16(11,14)19/h13,19H,1,4-10H2,2-3H3/t13-,14-,15+,16+,17-/m0/s1. The van der Waals surface area contributed by atoms with Gasteiger partial charge < -0.3 is 9.84 Å². The molecule has 3 nitrogen and oxygen atoms in total. The first-order valence-corrected chi connectivity index (χ1v) is 7.88. The van der Waals surface area contributed by atoms with Crippen molar-refractivity contribution in [3.8, 4) is 0 Å². The summed E-state index contributed by atoms with van der Waals surface area (Å²) in [6.07, 6.45) is 5.78. The zero-order chi connectivity index (χ0) is 14.4. The van der Waals surface area contributed by atoms with Crippen LogP contribution in [-0.4, -0.2) is 28.2 Å². The summed E-state index contributed by atoms with van der Waals surface area (Å²) in [6, 6.07) is 0. The molecule has 0 amide bonds. The van der Waals surface area contributed by atoms with Crippen LogP contribution in [-0.2, 0) is 9.53 Å². The molecule has 0 radical (unpaired) electrons. The molecule has 0 aromatic carbocycles. The Morgan fingerprint density at radius 3 is 2.70 bits per heavy atom. The number of epoxide rings is 1. The fourth-order valence-corrected chi connectivity index (χ4v) is 5.54. The Kier molecular flexibility index (Phi) is 2.20. The molecule has 4 fully saturated rings. The van der Waals surface area contributed by atoms with Crippen molar-refractivity contribution < 1.29 is 14.6 Å². The Balaban J connectivity index is 1.80. The molecule has 20 heavy (non-hydrogen) atoms. The Morgan fingerprint density at radius 2 is 1.95 bits per heavy atom. The van der Waals surface area contributed by atoms with E-state index in [1.54, 1.807) is 0 Å². The average Bonchev–Trinajstić information content (AvgIpc) is 3.08. The van der Waals surface area contributed by atoms with E-state index in [1.165, 1.54) is 0 Å². The highest BCUT2D eigenvalue weighted by Crippen LogP contribution is 2.71. The van der Waals surface area contributed by atoms with Crippen molar-refractivity contribution in [3.05, 3.63) is 12.2 Å². The summed E-state index contributed by atoms with van der Waals surface area (Å²) in [5.41, 5.74) is -0.339. The number of aliphatic hydroxyl groups is 1. The monoisotopic (exact) mass is 276 g/mol. The molecule has 0 bridgehead atoms. The van der Waals surface area contributed by atoms with Gasteiger partial charge in [-0.2, -0.15) is 0 Å². The van der Waals surface area contributed by atoms with Crippen LogP contribution in [0, 0.1) is 10.8 Å². The fraction of sp³-hybridized carbons (Fsp3) is 0.824. The smallest absolute Gasteiger partial charge is 0.164 e. The second kappa shape index (κ2) is 3.38. The van der Waals surface area contributed by atoms with Gasteiger partial charge in [-0.1, -0.05) is 20.4 Å². The van der Waals surface area contributed by atoms with E-state index in [2.05, 4.69) is 20.4 Å². The molecule has 3 heteroatoms. The van der Waals surface area contributed by atoms with Gasteiger partial charge in [0, 0.05) is 17.3 Å². The topological polar surface area (TPSA) is 49.8 Å². The molecule has 1 heterocycles. The third-order valence-corrected chi connectivity index (χ3v) is 7.02. The van der Waals surface area contributed by atoms with Gasteiger partial charge in [-0.3, -0.25) is 4.79 Å². The Labute approximate surface area is 120 Å². The number of fused-ring (bicyclic) bond motifs is 1. The molecule has 5 atom stereocenters. The predicted octanol–water partition coefficient (Wildman–Crippen LogP) is 2.76. The number of rotatable bonds is 0. The lowest BCUT2D eigenvalue weighted by Crippen LogP contribution is -2.64. The minimum Gasteiger partial charge on any atom is -0.385 e. The number of hydrogen-bond donors (Lipinski definition) is 1. The maximum atomic E-state index is 12.0. The quantitative estimate of drug-likeness (QED) is 0.547. The molecule has 110 valence electrons. The molecule has 4 rings (SSSR count). The van der Waals surface area contributed by atoms with E-state index < -0.39 is 5.60 Å². The van der Waals surface area contributed by atoms with Crippen molar-refractivity contribution >= 4 is 5.78 Å². The van der Waals surface area contributed by atoms with Gasteiger partial charge in [0.05, 0.1) is 5.60 Å². The van der Waals surface area contributed by atoms with Crippen LogP contribution < -0.4 is 0 Å². The first-order chi connectivity index (χ1) is 9.27. The molecule has 0 unspecified atom stereocenters. The molecule has 1 aliphatic heterocycles. The molecular weight excluding hydrogens is 252 g/mol. The Hall–Kier alpha value is -0.670. The zero-order valence-corrected chi connectivity index (χ0v) is 12.5. The number of hydrogen-bond acceptors (Lipinski definition) is 3. The van der Waals surface area contributed by atoms with E-state index in [1.807, 2.05) is 0 Å². The molecule has 1 N–H and O–H groups in total. The van der Waals surface area contributed by atoms with Gasteiger partial charge in [-0.25, -0.2) is 0 Å². The number of ketones is 1. The van der Waals surface area contributed by atoms with Crippen LogP contribution in [0.1, 0.15) is 58.8 Å². The van der Waals surface area contributed by atoms with E-state index in [0.29, 0.717) is 12.8 Å². The third-order valence-electron chi connectivity index (χ3n) is 7.02. The molecular formula is C17H24O3. The SMILES string of the molecule is C=C1CCC[C@@]2(C)C[C@]34O[C@H]3C(=O)CC[C@]4(C)C[C@@]12O. The van der Waals surface area contributed by atoms with Gasteiger partial charge in [0.25, 0.3) is 0 Å². The van der Waals surface area contributed by atoms with Crippen LogP contribution >= 0.6 is 0 Å². The summed E-state index contributed by atoms with van der Waals surface area (Å²) in [5, 5.41) is 11.4. The van der Waals surface area contributed by atoms with Gasteiger partial charge in [-0.05, 0) is 44.1 Å². The van der Waals surface area contributed by atoms with Gasteiger partial charge in [-0.15, -0.1) is 0 Å². The number of Topliss-reactive ketones (excluding diaryl/α,β-unsaturated/α-hetero) is 1. The highest BCUT2D eigenvalue weighted by Gasteiger charge is 2.78. The van der Waals surface area contributed by atoms with Crippen molar-refractivity contribution in [2.24, 2.45) is 10.8 Å². The first-order valence-electron chi connectivity index (χ1n) is 7.88. The minimum absolute atomic E-state index is 0.0832. The average molecular weight is 276 g/mol. The molecule has 0 aromatic rings. The number of carbonyl (C=O) groups is 1. The molecule has 1 saturated heterocycles. The van der Waals surface area contributed by atoms with Crippen molar-refractivity contribution in [3.63, 3.8) is 0 Å². The summed E-state index contributed by atoms with van der Waals surface area (Å²) in [7, 11) is 0. The summed E-state index contributed by atoms with van der Waals surface area (Å²) >= 11 is 0. The van der Waals surface area contributed by atoms with Gasteiger partial charge in [0.1, 0.15) is 11.7 Å². The van der Waals surface area contributed by atoms with Crippen molar-refractivity contribution in [1.82, 2.24) is 0 Å². The van der Waals surface area contributed by atoms with Crippen molar-refractivity contribution in [2.45, 2.75) is 76.1 Å². The second-order valence-corrected chi connectivity index (χ2v) is 8.15. The summed E-state index contributed by atoms with van der Waals surface area (Å²) in [6.45, 7) is 8.56.